The summed E-state index contributed by atoms with van der Waals surface area (Å²) < 4.78 is 0. The molecule has 2 saturated carbocycles. The summed E-state index contributed by atoms with van der Waals surface area (Å²) in [5.41, 5.74) is 0.623. The normalized spacial score (nSPS) is 53.5. The zero-order chi connectivity index (χ0) is 8.22. The summed E-state index contributed by atoms with van der Waals surface area (Å²) in [5, 5.41) is 0.457. The van der Waals surface area contributed by atoms with Crippen LogP contribution in [0.15, 0.2) is 0 Å². The minimum absolute atomic E-state index is 0.457. The maximum atomic E-state index is 6.22. The Balaban J connectivity index is 2.07. The molecule has 0 aromatic heterocycles. The highest BCUT2D eigenvalue weighted by molar-refractivity contribution is 6.20. The molecule has 4 unspecified atom stereocenters. The van der Waals surface area contributed by atoms with Crippen LogP contribution >= 0.6 is 11.6 Å². The molecule has 4 atom stereocenters. The first kappa shape index (κ1) is 7.91. The molecule has 0 amide bonds. The standard InChI is InChI=1S/C10H17Cl/c1-6-4-7-8(5-9(6)11)10(7,2)3/h6-9H,4-5H2,1-3H3. The Kier molecular flexibility index (Phi) is 1.55. The number of hydrogen-bond acceptors (Lipinski definition) is 0. The van der Waals surface area contributed by atoms with E-state index in [1.807, 2.05) is 0 Å². The van der Waals surface area contributed by atoms with Gasteiger partial charge in [0.1, 0.15) is 0 Å². The van der Waals surface area contributed by atoms with Crippen LogP contribution in [0.1, 0.15) is 33.6 Å². The first-order chi connectivity index (χ1) is 5.03. The van der Waals surface area contributed by atoms with Gasteiger partial charge in [-0.3, -0.25) is 0 Å². The zero-order valence-electron chi connectivity index (χ0n) is 7.60. The van der Waals surface area contributed by atoms with Gasteiger partial charge in [0.15, 0.2) is 0 Å². The average Bonchev–Trinajstić information content (AvgIpc) is 2.39. The fraction of sp³-hybridized carbons (Fsp3) is 1.00. The molecule has 0 spiro atoms. The molecule has 0 nitrogen and oxygen atoms in total. The van der Waals surface area contributed by atoms with Crippen molar-refractivity contribution in [2.24, 2.45) is 23.2 Å². The first-order valence-electron chi connectivity index (χ1n) is 4.67. The number of hydrogen-bond donors (Lipinski definition) is 0. The lowest BCUT2D eigenvalue weighted by Gasteiger charge is -2.22. The van der Waals surface area contributed by atoms with Crippen molar-refractivity contribution >= 4 is 11.6 Å². The van der Waals surface area contributed by atoms with Gasteiger partial charge in [0.25, 0.3) is 0 Å². The molecule has 11 heavy (non-hydrogen) atoms. The van der Waals surface area contributed by atoms with Crippen molar-refractivity contribution in [1.29, 1.82) is 0 Å². The molecule has 1 heteroatoms. The van der Waals surface area contributed by atoms with Gasteiger partial charge in [0.05, 0.1) is 0 Å². The highest BCUT2D eigenvalue weighted by Gasteiger charge is 2.60. The quantitative estimate of drug-likeness (QED) is 0.492. The number of fused-ring (bicyclic) bond motifs is 1. The third-order valence-electron chi connectivity index (χ3n) is 4.01. The monoisotopic (exact) mass is 172 g/mol. The van der Waals surface area contributed by atoms with E-state index in [4.69, 9.17) is 11.6 Å². The minimum Gasteiger partial charge on any atom is -0.123 e. The van der Waals surface area contributed by atoms with Gasteiger partial charge < -0.3 is 0 Å². The second-order valence-corrected chi connectivity index (χ2v) is 5.56. The summed E-state index contributed by atoms with van der Waals surface area (Å²) >= 11 is 6.22. The predicted molar refractivity (Wildman–Crippen MR) is 48.8 cm³/mol. The van der Waals surface area contributed by atoms with Crippen molar-refractivity contribution in [2.75, 3.05) is 0 Å². The number of rotatable bonds is 0. The molecule has 0 radical (unpaired) electrons. The zero-order valence-corrected chi connectivity index (χ0v) is 8.36. The van der Waals surface area contributed by atoms with Gasteiger partial charge >= 0.3 is 0 Å². The highest BCUT2D eigenvalue weighted by Crippen LogP contribution is 2.66. The second kappa shape index (κ2) is 2.16. The van der Waals surface area contributed by atoms with E-state index in [0.717, 1.165) is 17.8 Å². The van der Waals surface area contributed by atoms with Gasteiger partial charge in [-0.15, -0.1) is 11.6 Å². The maximum absolute atomic E-state index is 6.22. The van der Waals surface area contributed by atoms with E-state index in [0.29, 0.717) is 10.8 Å². The molecule has 0 bridgehead atoms. The Labute approximate surface area is 74.3 Å². The third-order valence-corrected chi connectivity index (χ3v) is 4.62. The summed E-state index contributed by atoms with van der Waals surface area (Å²) in [6.07, 6.45) is 2.63. The topological polar surface area (TPSA) is 0 Å². The smallest absolute Gasteiger partial charge is 0.0364 e. The van der Waals surface area contributed by atoms with E-state index in [2.05, 4.69) is 20.8 Å². The van der Waals surface area contributed by atoms with Crippen molar-refractivity contribution in [3.63, 3.8) is 0 Å². The Bertz CT molecular complexity index is 156. The summed E-state index contributed by atoms with van der Waals surface area (Å²) in [5.74, 6) is 2.69. The van der Waals surface area contributed by atoms with Crippen molar-refractivity contribution in [3.05, 3.63) is 0 Å². The fourth-order valence-electron chi connectivity index (χ4n) is 2.82. The van der Waals surface area contributed by atoms with Crippen LogP contribution in [0, 0.1) is 23.2 Å². The lowest BCUT2D eigenvalue weighted by molar-refractivity contribution is 0.374. The fourth-order valence-corrected chi connectivity index (χ4v) is 3.11. The van der Waals surface area contributed by atoms with Gasteiger partial charge in [0, 0.05) is 5.38 Å². The lowest BCUT2D eigenvalue weighted by Crippen LogP contribution is -2.17. The predicted octanol–water partition coefficient (Wildman–Crippen LogP) is 3.30. The molecule has 0 aromatic carbocycles. The molecule has 0 aromatic rings. The van der Waals surface area contributed by atoms with Crippen molar-refractivity contribution in [3.8, 4) is 0 Å². The molecule has 0 N–H and O–H groups in total. The van der Waals surface area contributed by atoms with Crippen LogP contribution in [0.2, 0.25) is 0 Å². The van der Waals surface area contributed by atoms with Gasteiger partial charge in [-0.2, -0.15) is 0 Å². The molecule has 2 aliphatic rings. The van der Waals surface area contributed by atoms with Crippen LogP contribution in [0.25, 0.3) is 0 Å². The highest BCUT2D eigenvalue weighted by atomic mass is 35.5. The van der Waals surface area contributed by atoms with Crippen molar-refractivity contribution < 1.29 is 0 Å². The summed E-state index contributed by atoms with van der Waals surface area (Å²) in [4.78, 5) is 0. The SMILES string of the molecule is CC1CC2C(CC1Cl)C2(C)C. The van der Waals surface area contributed by atoms with E-state index in [1.165, 1.54) is 12.8 Å². The third kappa shape index (κ3) is 1.02. The molecule has 0 heterocycles. The largest absolute Gasteiger partial charge is 0.123 e. The van der Waals surface area contributed by atoms with E-state index < -0.39 is 0 Å². The molecule has 0 aliphatic heterocycles. The molecule has 2 aliphatic carbocycles. The van der Waals surface area contributed by atoms with E-state index in [-0.39, 0.29) is 0 Å². The first-order valence-corrected chi connectivity index (χ1v) is 5.11. The van der Waals surface area contributed by atoms with Gasteiger partial charge in [0.2, 0.25) is 0 Å². The van der Waals surface area contributed by atoms with Gasteiger partial charge in [-0.25, -0.2) is 0 Å². The van der Waals surface area contributed by atoms with Crippen LogP contribution < -0.4 is 0 Å². The number of halogens is 1. The van der Waals surface area contributed by atoms with E-state index >= 15 is 0 Å². The molecule has 64 valence electrons. The van der Waals surface area contributed by atoms with Crippen LogP contribution in [0.3, 0.4) is 0 Å². The Morgan fingerprint density at radius 1 is 1.18 bits per heavy atom. The summed E-state index contributed by atoms with van der Waals surface area (Å²) in [7, 11) is 0. The van der Waals surface area contributed by atoms with E-state index in [9.17, 15) is 0 Å². The Morgan fingerprint density at radius 2 is 1.73 bits per heavy atom. The maximum Gasteiger partial charge on any atom is 0.0364 e. The van der Waals surface area contributed by atoms with Crippen molar-refractivity contribution in [1.82, 2.24) is 0 Å². The second-order valence-electron chi connectivity index (χ2n) is 5.00. The van der Waals surface area contributed by atoms with E-state index in [1.54, 1.807) is 0 Å². The Morgan fingerprint density at radius 3 is 2.27 bits per heavy atom. The average molecular weight is 173 g/mol. The van der Waals surface area contributed by atoms with Gasteiger partial charge in [-0.1, -0.05) is 20.8 Å². The number of alkyl halides is 1. The molecule has 2 fully saturated rings. The molecular weight excluding hydrogens is 156 g/mol. The van der Waals surface area contributed by atoms with Crippen molar-refractivity contribution in [2.45, 2.75) is 39.0 Å². The Hall–Kier alpha value is 0.290. The molecular formula is C10H17Cl. The molecule has 2 rings (SSSR count). The van der Waals surface area contributed by atoms with Gasteiger partial charge in [-0.05, 0) is 36.0 Å². The summed E-state index contributed by atoms with van der Waals surface area (Å²) in [6.45, 7) is 7.08. The molecule has 0 saturated heterocycles. The van der Waals surface area contributed by atoms with Crippen LogP contribution in [0.5, 0.6) is 0 Å². The minimum atomic E-state index is 0.457. The van der Waals surface area contributed by atoms with Crippen LogP contribution in [-0.4, -0.2) is 5.38 Å². The van der Waals surface area contributed by atoms with Crippen LogP contribution in [0.4, 0.5) is 0 Å². The summed E-state index contributed by atoms with van der Waals surface area (Å²) in [6, 6.07) is 0. The lowest BCUT2D eigenvalue weighted by atomic mass is 9.90. The van der Waals surface area contributed by atoms with Crippen LogP contribution in [-0.2, 0) is 0 Å².